The predicted molar refractivity (Wildman–Crippen MR) is 105 cm³/mol. The molecule has 27 heavy (non-hydrogen) atoms. The molecule has 0 atom stereocenters. The maximum atomic E-state index is 12.3. The van der Waals surface area contributed by atoms with E-state index < -0.39 is 15.7 Å². The maximum absolute atomic E-state index is 12.3. The molecule has 0 fully saturated rings. The lowest BCUT2D eigenvalue weighted by Gasteiger charge is -2.04. The van der Waals surface area contributed by atoms with Gasteiger partial charge in [0, 0.05) is 10.0 Å². The van der Waals surface area contributed by atoms with Crippen LogP contribution in [0.3, 0.4) is 0 Å². The standard InChI is InChI=1S/C17H13BrClN3O4S/c1-2-27(24,25)12-6-3-10(4-7-12)16-21-22-17(26-16)20-15(23)13-9-11(18)5-8-14(13)19/h3-9H,2H2,1H3,(H,20,22,23). The largest absolute Gasteiger partial charge is 0.403 e. The molecule has 140 valence electrons. The summed E-state index contributed by atoms with van der Waals surface area (Å²) in [5.41, 5.74) is 0.776. The average Bonchev–Trinajstić information content (AvgIpc) is 3.12. The Bertz CT molecular complexity index is 1100. The molecule has 0 unspecified atom stereocenters. The van der Waals surface area contributed by atoms with Crippen LogP contribution in [0.1, 0.15) is 17.3 Å². The number of carbonyl (C=O) groups is 1. The number of carbonyl (C=O) groups excluding carboxylic acids is 1. The van der Waals surface area contributed by atoms with Crippen molar-refractivity contribution >= 4 is 49.3 Å². The molecule has 1 amide bonds. The first-order valence-corrected chi connectivity index (χ1v) is 10.6. The van der Waals surface area contributed by atoms with E-state index in [0.717, 1.165) is 0 Å². The molecule has 0 aliphatic heterocycles. The SMILES string of the molecule is CCS(=O)(=O)c1ccc(-c2nnc(NC(=O)c3cc(Br)ccc3Cl)o2)cc1. The highest BCUT2D eigenvalue weighted by atomic mass is 79.9. The van der Waals surface area contributed by atoms with Gasteiger partial charge in [-0.2, -0.15) is 0 Å². The number of aromatic nitrogens is 2. The zero-order chi connectivity index (χ0) is 19.6. The smallest absolute Gasteiger partial charge is 0.322 e. The van der Waals surface area contributed by atoms with Gasteiger partial charge >= 0.3 is 6.01 Å². The maximum Gasteiger partial charge on any atom is 0.322 e. The number of hydrogen-bond acceptors (Lipinski definition) is 6. The van der Waals surface area contributed by atoms with E-state index >= 15 is 0 Å². The molecule has 10 heteroatoms. The van der Waals surface area contributed by atoms with Gasteiger partial charge in [-0.3, -0.25) is 10.1 Å². The summed E-state index contributed by atoms with van der Waals surface area (Å²) in [6.45, 7) is 1.58. The summed E-state index contributed by atoms with van der Waals surface area (Å²) in [7, 11) is -3.29. The van der Waals surface area contributed by atoms with Crippen LogP contribution in [0, 0.1) is 0 Å². The number of anilines is 1. The van der Waals surface area contributed by atoms with Crippen LogP contribution in [0.25, 0.3) is 11.5 Å². The first-order valence-electron chi connectivity index (χ1n) is 7.73. The molecule has 1 N–H and O–H groups in total. The second-order valence-corrected chi connectivity index (χ2v) is 9.02. The molecular formula is C17H13BrClN3O4S. The van der Waals surface area contributed by atoms with Crippen LogP contribution >= 0.6 is 27.5 Å². The summed E-state index contributed by atoms with van der Waals surface area (Å²) in [6, 6.07) is 10.8. The first kappa shape index (κ1) is 19.5. The fourth-order valence-electron chi connectivity index (χ4n) is 2.20. The number of rotatable bonds is 5. The van der Waals surface area contributed by atoms with Gasteiger partial charge in [-0.1, -0.05) is 39.6 Å². The molecule has 0 aliphatic carbocycles. The van der Waals surface area contributed by atoms with Crippen LogP contribution in [0.15, 0.2) is 56.2 Å². The van der Waals surface area contributed by atoms with Crippen LogP contribution in [0.2, 0.25) is 5.02 Å². The van der Waals surface area contributed by atoms with E-state index in [-0.39, 0.29) is 33.1 Å². The van der Waals surface area contributed by atoms with Gasteiger partial charge in [0.2, 0.25) is 5.89 Å². The van der Waals surface area contributed by atoms with Crippen LogP contribution < -0.4 is 5.32 Å². The Hall–Kier alpha value is -2.23. The average molecular weight is 471 g/mol. The van der Waals surface area contributed by atoms with Crippen molar-refractivity contribution in [2.24, 2.45) is 0 Å². The van der Waals surface area contributed by atoms with Gasteiger partial charge in [-0.15, -0.1) is 5.10 Å². The van der Waals surface area contributed by atoms with Crippen molar-refractivity contribution in [1.82, 2.24) is 10.2 Å². The van der Waals surface area contributed by atoms with Gasteiger partial charge in [0.1, 0.15) is 0 Å². The zero-order valence-electron chi connectivity index (χ0n) is 13.9. The van der Waals surface area contributed by atoms with Crippen molar-refractivity contribution < 1.29 is 17.6 Å². The zero-order valence-corrected chi connectivity index (χ0v) is 17.1. The van der Waals surface area contributed by atoms with Crippen LogP contribution in [0.5, 0.6) is 0 Å². The second kappa shape index (κ2) is 7.79. The molecule has 0 bridgehead atoms. The van der Waals surface area contributed by atoms with Crippen molar-refractivity contribution in [3.8, 4) is 11.5 Å². The summed E-state index contributed by atoms with van der Waals surface area (Å²) in [4.78, 5) is 12.5. The van der Waals surface area contributed by atoms with Gasteiger partial charge in [0.15, 0.2) is 9.84 Å². The van der Waals surface area contributed by atoms with Gasteiger partial charge in [-0.05, 0) is 42.5 Å². The van der Waals surface area contributed by atoms with Gasteiger partial charge in [0.25, 0.3) is 5.91 Å². The topological polar surface area (TPSA) is 102 Å². The third-order valence-electron chi connectivity index (χ3n) is 3.66. The Kier molecular flexibility index (Phi) is 5.64. The van der Waals surface area contributed by atoms with E-state index in [2.05, 4.69) is 31.4 Å². The summed E-state index contributed by atoms with van der Waals surface area (Å²) >= 11 is 9.30. The number of nitrogens with one attached hydrogen (secondary N) is 1. The highest BCUT2D eigenvalue weighted by molar-refractivity contribution is 9.10. The van der Waals surface area contributed by atoms with Gasteiger partial charge < -0.3 is 4.42 Å². The predicted octanol–water partition coefficient (Wildman–Crippen LogP) is 4.20. The minimum Gasteiger partial charge on any atom is -0.403 e. The molecule has 1 aromatic heterocycles. The van der Waals surface area contributed by atoms with Crippen LogP contribution in [-0.2, 0) is 9.84 Å². The molecule has 0 aliphatic rings. The third kappa shape index (κ3) is 4.37. The van der Waals surface area contributed by atoms with E-state index in [4.69, 9.17) is 16.0 Å². The summed E-state index contributed by atoms with van der Waals surface area (Å²) in [5, 5.41) is 10.4. The Morgan fingerprint density at radius 1 is 1.19 bits per heavy atom. The molecule has 0 saturated heterocycles. The van der Waals surface area contributed by atoms with E-state index in [0.29, 0.717) is 10.0 Å². The molecule has 2 aromatic carbocycles. The number of nitrogens with zero attached hydrogens (tertiary/aromatic N) is 2. The minimum absolute atomic E-state index is 0.0151. The van der Waals surface area contributed by atoms with Crippen molar-refractivity contribution in [2.75, 3.05) is 11.1 Å². The van der Waals surface area contributed by atoms with Gasteiger partial charge in [0.05, 0.1) is 21.2 Å². The lowest BCUT2D eigenvalue weighted by molar-refractivity contribution is 0.102. The van der Waals surface area contributed by atoms with Crippen molar-refractivity contribution in [3.63, 3.8) is 0 Å². The molecule has 1 heterocycles. The molecule has 0 radical (unpaired) electrons. The Morgan fingerprint density at radius 2 is 1.89 bits per heavy atom. The van der Waals surface area contributed by atoms with E-state index in [1.54, 1.807) is 37.3 Å². The van der Waals surface area contributed by atoms with Crippen molar-refractivity contribution in [3.05, 3.63) is 57.5 Å². The van der Waals surface area contributed by atoms with E-state index in [1.807, 2.05) is 0 Å². The van der Waals surface area contributed by atoms with E-state index in [9.17, 15) is 13.2 Å². The molecule has 3 aromatic rings. The third-order valence-corrected chi connectivity index (χ3v) is 6.23. The number of halogens is 2. The van der Waals surface area contributed by atoms with Gasteiger partial charge in [-0.25, -0.2) is 8.42 Å². The number of sulfone groups is 1. The fraction of sp³-hybridized carbons (Fsp3) is 0.118. The normalized spacial score (nSPS) is 11.4. The molecular weight excluding hydrogens is 458 g/mol. The van der Waals surface area contributed by atoms with E-state index in [1.165, 1.54) is 12.1 Å². The fourth-order valence-corrected chi connectivity index (χ4v) is 3.65. The van der Waals surface area contributed by atoms with Crippen LogP contribution in [-0.4, -0.2) is 30.3 Å². The lowest BCUT2D eigenvalue weighted by Crippen LogP contribution is -2.12. The Labute approximate surface area is 168 Å². The summed E-state index contributed by atoms with van der Waals surface area (Å²) in [5.74, 6) is -0.340. The molecule has 0 saturated carbocycles. The lowest BCUT2D eigenvalue weighted by atomic mass is 10.2. The summed E-state index contributed by atoms with van der Waals surface area (Å²) < 4.78 is 29.8. The molecule has 0 spiro atoms. The monoisotopic (exact) mass is 469 g/mol. The number of hydrogen-bond donors (Lipinski definition) is 1. The minimum atomic E-state index is -3.29. The van der Waals surface area contributed by atoms with Crippen molar-refractivity contribution in [1.29, 1.82) is 0 Å². The Morgan fingerprint density at radius 3 is 2.56 bits per heavy atom. The van der Waals surface area contributed by atoms with Crippen LogP contribution in [0.4, 0.5) is 6.01 Å². The molecule has 3 rings (SSSR count). The molecule has 7 nitrogen and oxygen atoms in total. The highest BCUT2D eigenvalue weighted by Gasteiger charge is 2.16. The summed E-state index contributed by atoms with van der Waals surface area (Å²) in [6.07, 6.45) is 0. The van der Waals surface area contributed by atoms with Crippen molar-refractivity contribution in [2.45, 2.75) is 11.8 Å². The Balaban J connectivity index is 1.79. The highest BCUT2D eigenvalue weighted by Crippen LogP contribution is 2.24. The first-order chi connectivity index (χ1) is 12.8. The quantitative estimate of drug-likeness (QED) is 0.599. The number of benzene rings is 2. The second-order valence-electron chi connectivity index (χ2n) is 5.42. The number of amides is 1.